The minimum atomic E-state index is -0.539. The number of rotatable bonds is 9. The topological polar surface area (TPSA) is 88.1 Å². The molecule has 0 bridgehead atoms. The Morgan fingerprint density at radius 1 is 0.735 bits per heavy atom. The van der Waals surface area contributed by atoms with Crippen molar-refractivity contribution in [2.75, 3.05) is 6.79 Å². The van der Waals surface area contributed by atoms with Gasteiger partial charge in [0.2, 0.25) is 6.79 Å². The Hall–Kier alpha value is -4.39. The highest BCUT2D eigenvalue weighted by molar-refractivity contribution is 5.96. The number of hydrogen-bond donors (Lipinski definition) is 0. The maximum absolute atomic E-state index is 12.6. The fourth-order valence-electron chi connectivity index (χ4n) is 2.83. The van der Waals surface area contributed by atoms with Crippen LogP contribution in [0.25, 0.3) is 10.8 Å². The van der Waals surface area contributed by atoms with Crippen molar-refractivity contribution in [3.63, 3.8) is 0 Å². The van der Waals surface area contributed by atoms with E-state index in [-0.39, 0.29) is 19.0 Å². The Morgan fingerprint density at radius 2 is 1.32 bits per heavy atom. The average Bonchev–Trinajstić information content (AvgIpc) is 2.82. The van der Waals surface area contributed by atoms with Gasteiger partial charge in [0, 0.05) is 11.1 Å². The molecular formula is C27H24O7. The smallest absolute Gasteiger partial charge is 0.343 e. The SMILES string of the molecule is C=C(C)C(=O)OCOc1ccc(OC(=O)c2ccc3cc(COC(=O)C(=C)C)ccc3c2)cc1. The van der Waals surface area contributed by atoms with Gasteiger partial charge >= 0.3 is 17.9 Å². The van der Waals surface area contributed by atoms with Gasteiger partial charge in [-0.2, -0.15) is 0 Å². The first-order chi connectivity index (χ1) is 16.2. The van der Waals surface area contributed by atoms with Crippen molar-refractivity contribution in [3.05, 3.63) is 96.1 Å². The summed E-state index contributed by atoms with van der Waals surface area (Å²) in [5.41, 5.74) is 1.84. The fraction of sp³-hybridized carbons (Fsp3) is 0.148. The van der Waals surface area contributed by atoms with Crippen LogP contribution in [0, 0.1) is 0 Å². The van der Waals surface area contributed by atoms with Crippen LogP contribution in [0.1, 0.15) is 29.8 Å². The van der Waals surface area contributed by atoms with E-state index in [1.807, 2.05) is 18.2 Å². The van der Waals surface area contributed by atoms with E-state index in [0.29, 0.717) is 22.6 Å². The molecule has 0 heterocycles. The largest absolute Gasteiger partial charge is 0.457 e. The molecule has 7 heteroatoms. The van der Waals surface area contributed by atoms with Crippen molar-refractivity contribution in [2.45, 2.75) is 20.5 Å². The van der Waals surface area contributed by atoms with Crippen molar-refractivity contribution in [2.24, 2.45) is 0 Å². The Morgan fingerprint density at radius 3 is 2.00 bits per heavy atom. The van der Waals surface area contributed by atoms with E-state index >= 15 is 0 Å². The highest BCUT2D eigenvalue weighted by Gasteiger charge is 2.11. The van der Waals surface area contributed by atoms with Crippen LogP contribution in [-0.4, -0.2) is 24.7 Å². The first-order valence-corrected chi connectivity index (χ1v) is 10.4. The summed E-state index contributed by atoms with van der Waals surface area (Å²) in [6.07, 6.45) is 0. The minimum Gasteiger partial charge on any atom is -0.457 e. The number of fused-ring (bicyclic) bond motifs is 1. The van der Waals surface area contributed by atoms with E-state index in [4.69, 9.17) is 18.9 Å². The highest BCUT2D eigenvalue weighted by Crippen LogP contribution is 2.22. The first kappa shape index (κ1) is 24.3. The quantitative estimate of drug-likeness (QED) is 0.189. The lowest BCUT2D eigenvalue weighted by Crippen LogP contribution is -2.11. The normalized spacial score (nSPS) is 10.3. The molecule has 0 saturated carbocycles. The highest BCUT2D eigenvalue weighted by atomic mass is 16.7. The zero-order chi connectivity index (χ0) is 24.7. The Kier molecular flexibility index (Phi) is 7.82. The van der Waals surface area contributed by atoms with Gasteiger partial charge in [-0.05, 0) is 72.6 Å². The number of carbonyl (C=O) groups excluding carboxylic acids is 3. The number of benzene rings is 3. The lowest BCUT2D eigenvalue weighted by Gasteiger charge is -2.09. The second-order valence-electron chi connectivity index (χ2n) is 7.59. The molecule has 3 aromatic carbocycles. The van der Waals surface area contributed by atoms with Crippen LogP contribution in [0.4, 0.5) is 0 Å². The van der Waals surface area contributed by atoms with Crippen molar-refractivity contribution >= 4 is 28.7 Å². The zero-order valence-electron chi connectivity index (χ0n) is 19.0. The van der Waals surface area contributed by atoms with Crippen LogP contribution in [0.15, 0.2) is 85.0 Å². The maximum atomic E-state index is 12.6. The van der Waals surface area contributed by atoms with Gasteiger partial charge < -0.3 is 18.9 Å². The van der Waals surface area contributed by atoms with Gasteiger partial charge in [0.1, 0.15) is 18.1 Å². The van der Waals surface area contributed by atoms with E-state index in [1.165, 1.54) is 0 Å². The molecule has 0 fully saturated rings. The van der Waals surface area contributed by atoms with Crippen molar-refractivity contribution in [1.82, 2.24) is 0 Å². The molecule has 174 valence electrons. The van der Waals surface area contributed by atoms with E-state index < -0.39 is 17.9 Å². The molecule has 0 N–H and O–H groups in total. The molecule has 0 aliphatic heterocycles. The van der Waals surface area contributed by atoms with Gasteiger partial charge in [-0.1, -0.05) is 31.4 Å². The second kappa shape index (κ2) is 11.0. The van der Waals surface area contributed by atoms with Gasteiger partial charge in [0.25, 0.3) is 0 Å². The van der Waals surface area contributed by atoms with E-state index in [1.54, 1.807) is 56.3 Å². The van der Waals surface area contributed by atoms with E-state index in [9.17, 15) is 14.4 Å². The monoisotopic (exact) mass is 460 g/mol. The zero-order valence-corrected chi connectivity index (χ0v) is 19.0. The predicted octanol–water partition coefficient (Wildman–Crippen LogP) is 5.13. The molecule has 0 radical (unpaired) electrons. The molecular weight excluding hydrogens is 436 g/mol. The summed E-state index contributed by atoms with van der Waals surface area (Å²) in [7, 11) is 0. The lowest BCUT2D eigenvalue weighted by atomic mass is 10.0. The molecule has 3 aromatic rings. The standard InChI is InChI=1S/C27H24O7/c1-17(2)25(28)31-15-19-5-6-21-14-22(8-7-20(21)13-19)27(30)34-24-11-9-23(10-12-24)32-16-33-26(29)18(3)4/h5-14H,1,3,15-16H2,2,4H3. The molecule has 3 rings (SSSR count). The molecule has 7 nitrogen and oxygen atoms in total. The maximum Gasteiger partial charge on any atom is 0.343 e. The van der Waals surface area contributed by atoms with Crippen LogP contribution < -0.4 is 9.47 Å². The number of carbonyl (C=O) groups is 3. The average molecular weight is 460 g/mol. The lowest BCUT2D eigenvalue weighted by molar-refractivity contribution is -0.145. The molecule has 0 amide bonds. The molecule has 0 atom stereocenters. The summed E-state index contributed by atoms with van der Waals surface area (Å²) in [5.74, 6) is -0.700. The van der Waals surface area contributed by atoms with Crippen LogP contribution in [0.2, 0.25) is 0 Å². The van der Waals surface area contributed by atoms with Crippen LogP contribution >= 0.6 is 0 Å². The molecule has 0 aromatic heterocycles. The van der Waals surface area contributed by atoms with Crippen molar-refractivity contribution in [3.8, 4) is 11.5 Å². The molecule has 34 heavy (non-hydrogen) atoms. The van der Waals surface area contributed by atoms with Gasteiger partial charge in [-0.3, -0.25) is 0 Å². The second-order valence-corrected chi connectivity index (χ2v) is 7.59. The minimum absolute atomic E-state index is 0.140. The molecule has 0 unspecified atom stereocenters. The first-order valence-electron chi connectivity index (χ1n) is 10.4. The van der Waals surface area contributed by atoms with E-state index in [2.05, 4.69) is 13.2 Å². The summed E-state index contributed by atoms with van der Waals surface area (Å²) in [6, 6.07) is 17.1. The van der Waals surface area contributed by atoms with Gasteiger partial charge in [-0.25, -0.2) is 14.4 Å². The van der Waals surface area contributed by atoms with Crippen LogP contribution in [0.3, 0.4) is 0 Å². The summed E-state index contributed by atoms with van der Waals surface area (Å²) in [4.78, 5) is 35.5. The van der Waals surface area contributed by atoms with Crippen LogP contribution in [0.5, 0.6) is 11.5 Å². The van der Waals surface area contributed by atoms with E-state index in [0.717, 1.165) is 16.3 Å². The predicted molar refractivity (Wildman–Crippen MR) is 126 cm³/mol. The summed E-state index contributed by atoms with van der Waals surface area (Å²) < 4.78 is 20.8. The summed E-state index contributed by atoms with van der Waals surface area (Å²) >= 11 is 0. The third kappa shape index (κ3) is 6.56. The molecule has 0 spiro atoms. The van der Waals surface area contributed by atoms with Gasteiger partial charge in [-0.15, -0.1) is 0 Å². The van der Waals surface area contributed by atoms with Gasteiger partial charge in [0.05, 0.1) is 5.56 Å². The molecule has 0 saturated heterocycles. The van der Waals surface area contributed by atoms with Gasteiger partial charge in [0.15, 0.2) is 0 Å². The summed E-state index contributed by atoms with van der Waals surface area (Å²) in [5, 5.41) is 1.74. The summed E-state index contributed by atoms with van der Waals surface area (Å²) in [6.45, 7) is 10.1. The number of hydrogen-bond acceptors (Lipinski definition) is 7. The molecule has 0 aliphatic carbocycles. The third-order valence-electron chi connectivity index (χ3n) is 4.66. The number of ether oxygens (including phenoxy) is 4. The Labute approximate surface area is 197 Å². The van der Waals surface area contributed by atoms with Crippen LogP contribution in [-0.2, 0) is 25.7 Å². The van der Waals surface area contributed by atoms with Crippen molar-refractivity contribution in [1.29, 1.82) is 0 Å². The number of esters is 3. The molecule has 0 aliphatic rings. The third-order valence-corrected chi connectivity index (χ3v) is 4.66. The fourth-order valence-corrected chi connectivity index (χ4v) is 2.83. The Balaban J connectivity index is 1.59. The Bertz CT molecular complexity index is 1260. The van der Waals surface area contributed by atoms with Crippen molar-refractivity contribution < 1.29 is 33.3 Å².